The molecule has 2 aromatic rings. The molecule has 0 fully saturated rings. The molecule has 0 spiro atoms. The van der Waals surface area contributed by atoms with Crippen molar-refractivity contribution < 1.29 is 9.53 Å². The number of carbonyl (C=O) groups is 1. The van der Waals surface area contributed by atoms with Gasteiger partial charge in [-0.3, -0.25) is 9.78 Å². The Labute approximate surface area is 98.6 Å². The van der Waals surface area contributed by atoms with Crippen LogP contribution in [-0.4, -0.2) is 24.5 Å². The van der Waals surface area contributed by atoms with Crippen LogP contribution in [0.1, 0.15) is 0 Å². The number of nitrogens with two attached hydrogens (primary N) is 1. The van der Waals surface area contributed by atoms with Crippen LogP contribution in [0, 0.1) is 0 Å². The molecule has 88 valence electrons. The maximum atomic E-state index is 11.3. The average molecular weight is 231 g/mol. The highest BCUT2D eigenvalue weighted by molar-refractivity contribution is 6.02. The fraction of sp³-hybridized carbons (Fsp3) is 0.167. The van der Waals surface area contributed by atoms with Crippen molar-refractivity contribution in [3.63, 3.8) is 0 Å². The molecule has 0 aliphatic carbocycles. The topological polar surface area (TPSA) is 77.2 Å². The number of para-hydroxylation sites is 1. The Morgan fingerprint density at radius 2 is 2.29 bits per heavy atom. The third-order valence-corrected chi connectivity index (χ3v) is 2.41. The van der Waals surface area contributed by atoms with Crippen molar-refractivity contribution in [3.05, 3.63) is 30.5 Å². The van der Waals surface area contributed by atoms with Crippen LogP contribution in [0.5, 0.6) is 5.75 Å². The summed E-state index contributed by atoms with van der Waals surface area (Å²) in [7, 11) is 1.60. The smallest absolute Gasteiger partial charge is 0.238 e. The quantitative estimate of drug-likeness (QED) is 0.830. The van der Waals surface area contributed by atoms with Crippen LogP contribution in [0.15, 0.2) is 30.5 Å². The number of ether oxygens (including phenoxy) is 1. The predicted molar refractivity (Wildman–Crippen MR) is 66.0 cm³/mol. The molecular formula is C12H13N3O2. The lowest BCUT2D eigenvalue weighted by molar-refractivity contribution is -0.114. The lowest BCUT2D eigenvalue weighted by Crippen LogP contribution is -2.22. The van der Waals surface area contributed by atoms with Crippen LogP contribution < -0.4 is 15.8 Å². The highest BCUT2D eigenvalue weighted by Crippen LogP contribution is 2.28. The number of anilines is 1. The Balaban J connectivity index is 2.54. The molecule has 1 amide bonds. The van der Waals surface area contributed by atoms with Crippen molar-refractivity contribution in [1.29, 1.82) is 0 Å². The van der Waals surface area contributed by atoms with Gasteiger partial charge in [0, 0.05) is 11.6 Å². The number of methoxy groups -OCH3 is 1. The Hall–Kier alpha value is -2.14. The van der Waals surface area contributed by atoms with Crippen molar-refractivity contribution in [2.24, 2.45) is 5.73 Å². The molecule has 5 nitrogen and oxygen atoms in total. The van der Waals surface area contributed by atoms with Gasteiger partial charge in [0.2, 0.25) is 5.91 Å². The molecule has 0 atom stereocenters. The van der Waals surface area contributed by atoms with Gasteiger partial charge in [-0.2, -0.15) is 0 Å². The Morgan fingerprint density at radius 3 is 3.00 bits per heavy atom. The van der Waals surface area contributed by atoms with Gasteiger partial charge in [-0.25, -0.2) is 0 Å². The number of benzene rings is 1. The summed E-state index contributed by atoms with van der Waals surface area (Å²) < 4.78 is 5.24. The second-order valence-corrected chi connectivity index (χ2v) is 3.47. The number of aromatic nitrogens is 1. The van der Waals surface area contributed by atoms with E-state index >= 15 is 0 Å². The normalized spacial score (nSPS) is 10.2. The summed E-state index contributed by atoms with van der Waals surface area (Å²) in [5.74, 6) is 0.473. The van der Waals surface area contributed by atoms with E-state index in [0.717, 1.165) is 11.1 Å². The zero-order valence-electron chi connectivity index (χ0n) is 9.43. The summed E-state index contributed by atoms with van der Waals surface area (Å²) in [6, 6.07) is 7.27. The van der Waals surface area contributed by atoms with E-state index in [9.17, 15) is 4.79 Å². The van der Waals surface area contributed by atoms with Gasteiger partial charge in [-0.05, 0) is 18.2 Å². The fourth-order valence-electron chi connectivity index (χ4n) is 1.63. The Bertz CT molecular complexity index is 554. The zero-order valence-corrected chi connectivity index (χ0v) is 9.43. The largest absolute Gasteiger partial charge is 0.496 e. The summed E-state index contributed by atoms with van der Waals surface area (Å²) in [4.78, 5) is 15.5. The van der Waals surface area contributed by atoms with E-state index in [2.05, 4.69) is 10.3 Å². The monoisotopic (exact) mass is 231 g/mol. The van der Waals surface area contributed by atoms with Crippen molar-refractivity contribution in [2.45, 2.75) is 0 Å². The van der Waals surface area contributed by atoms with Crippen LogP contribution in [0.4, 0.5) is 5.69 Å². The molecule has 0 bridgehead atoms. The number of carbonyl (C=O) groups excluding carboxylic acids is 1. The van der Waals surface area contributed by atoms with Gasteiger partial charge in [-0.15, -0.1) is 0 Å². The SMILES string of the molecule is COc1ccnc2c(NC(=O)CN)cccc12. The summed E-state index contributed by atoms with van der Waals surface area (Å²) in [6.07, 6.45) is 1.64. The van der Waals surface area contributed by atoms with Gasteiger partial charge in [0.25, 0.3) is 0 Å². The van der Waals surface area contributed by atoms with Gasteiger partial charge in [-0.1, -0.05) is 6.07 Å². The van der Waals surface area contributed by atoms with Crippen LogP contribution in [0.2, 0.25) is 0 Å². The van der Waals surface area contributed by atoms with E-state index in [1.165, 1.54) is 0 Å². The summed E-state index contributed by atoms with van der Waals surface area (Å²) >= 11 is 0. The number of pyridine rings is 1. The molecule has 1 heterocycles. The predicted octanol–water partition coefficient (Wildman–Crippen LogP) is 1.14. The highest BCUT2D eigenvalue weighted by Gasteiger charge is 2.08. The maximum Gasteiger partial charge on any atom is 0.238 e. The van der Waals surface area contributed by atoms with Crippen molar-refractivity contribution in [3.8, 4) is 5.75 Å². The Morgan fingerprint density at radius 1 is 1.47 bits per heavy atom. The summed E-state index contributed by atoms with van der Waals surface area (Å²) in [6.45, 7) is -0.0552. The van der Waals surface area contributed by atoms with E-state index in [4.69, 9.17) is 10.5 Å². The van der Waals surface area contributed by atoms with Gasteiger partial charge >= 0.3 is 0 Å². The second kappa shape index (κ2) is 4.80. The molecule has 1 aromatic carbocycles. The standard InChI is InChI=1S/C12H13N3O2/c1-17-10-5-6-14-12-8(10)3-2-4-9(12)15-11(16)7-13/h2-6H,7,13H2,1H3,(H,15,16). The second-order valence-electron chi connectivity index (χ2n) is 3.47. The molecule has 0 radical (unpaired) electrons. The highest BCUT2D eigenvalue weighted by atomic mass is 16.5. The molecule has 0 aliphatic rings. The summed E-state index contributed by atoms with van der Waals surface area (Å²) in [5.41, 5.74) is 6.59. The van der Waals surface area contributed by atoms with Gasteiger partial charge in [0.05, 0.1) is 24.9 Å². The minimum Gasteiger partial charge on any atom is -0.496 e. The van der Waals surface area contributed by atoms with E-state index < -0.39 is 0 Å². The first kappa shape index (κ1) is 11.3. The molecule has 5 heteroatoms. The van der Waals surface area contributed by atoms with Crippen LogP contribution >= 0.6 is 0 Å². The Kier molecular flexibility index (Phi) is 3.20. The van der Waals surface area contributed by atoms with E-state index in [1.54, 1.807) is 25.4 Å². The fourth-order valence-corrected chi connectivity index (χ4v) is 1.63. The zero-order chi connectivity index (χ0) is 12.3. The number of hydrogen-bond donors (Lipinski definition) is 2. The maximum absolute atomic E-state index is 11.3. The number of hydrogen-bond acceptors (Lipinski definition) is 4. The molecule has 17 heavy (non-hydrogen) atoms. The molecule has 3 N–H and O–H groups in total. The lowest BCUT2D eigenvalue weighted by atomic mass is 10.1. The first-order chi connectivity index (χ1) is 8.26. The van der Waals surface area contributed by atoms with Gasteiger partial charge in [0.1, 0.15) is 5.75 Å². The van der Waals surface area contributed by atoms with Crippen LogP contribution in [0.25, 0.3) is 10.9 Å². The molecule has 0 saturated heterocycles. The molecule has 1 aromatic heterocycles. The first-order valence-corrected chi connectivity index (χ1v) is 5.18. The van der Waals surface area contributed by atoms with Gasteiger partial charge in [0.15, 0.2) is 0 Å². The number of fused-ring (bicyclic) bond motifs is 1. The number of nitrogens with one attached hydrogen (secondary N) is 1. The van der Waals surface area contributed by atoms with Crippen molar-refractivity contribution >= 4 is 22.5 Å². The van der Waals surface area contributed by atoms with Crippen molar-refractivity contribution in [2.75, 3.05) is 19.0 Å². The third-order valence-electron chi connectivity index (χ3n) is 2.41. The molecule has 0 unspecified atom stereocenters. The van der Waals surface area contributed by atoms with Gasteiger partial charge < -0.3 is 15.8 Å². The van der Waals surface area contributed by atoms with E-state index in [1.807, 2.05) is 12.1 Å². The third kappa shape index (κ3) is 2.19. The molecule has 0 aliphatic heterocycles. The van der Waals surface area contributed by atoms with Crippen molar-refractivity contribution in [1.82, 2.24) is 4.98 Å². The molecule has 2 rings (SSSR count). The lowest BCUT2D eigenvalue weighted by Gasteiger charge is -2.09. The number of rotatable bonds is 3. The minimum atomic E-state index is -0.248. The first-order valence-electron chi connectivity index (χ1n) is 5.18. The van der Waals surface area contributed by atoms with E-state index in [0.29, 0.717) is 11.2 Å². The summed E-state index contributed by atoms with van der Waals surface area (Å²) in [5, 5.41) is 3.56. The van der Waals surface area contributed by atoms with E-state index in [-0.39, 0.29) is 12.5 Å². The minimum absolute atomic E-state index is 0.0552. The number of amides is 1. The number of nitrogens with zero attached hydrogens (tertiary/aromatic N) is 1. The van der Waals surface area contributed by atoms with Crippen LogP contribution in [0.3, 0.4) is 0 Å². The van der Waals surface area contributed by atoms with Crippen LogP contribution in [-0.2, 0) is 4.79 Å². The average Bonchev–Trinajstić information content (AvgIpc) is 2.38. The molecular weight excluding hydrogens is 218 g/mol. The molecule has 0 saturated carbocycles.